The summed E-state index contributed by atoms with van der Waals surface area (Å²) in [6.45, 7) is -0.147. The van der Waals surface area contributed by atoms with E-state index in [1.807, 2.05) is 0 Å². The Kier molecular flexibility index (Phi) is 5.38. The van der Waals surface area contributed by atoms with Gasteiger partial charge in [-0.1, -0.05) is 22.8 Å². The summed E-state index contributed by atoms with van der Waals surface area (Å²) < 4.78 is 20.7. The number of benzene rings is 2. The molecular formula is C18H15ClN2O5. The summed E-state index contributed by atoms with van der Waals surface area (Å²) in [5.74, 6) is 1.13. The van der Waals surface area contributed by atoms with Crippen LogP contribution in [0.25, 0.3) is 11.4 Å². The summed E-state index contributed by atoms with van der Waals surface area (Å²) in [4.78, 5) is 16.2. The quantitative estimate of drug-likeness (QED) is 0.607. The number of hydrogen-bond donors (Lipinski definition) is 0. The lowest BCUT2D eigenvalue weighted by molar-refractivity contribution is 0.0430. The van der Waals surface area contributed by atoms with Crippen molar-refractivity contribution < 1.29 is 23.5 Å². The van der Waals surface area contributed by atoms with Gasteiger partial charge in [-0.2, -0.15) is 4.98 Å². The first-order valence-corrected chi connectivity index (χ1v) is 7.96. The van der Waals surface area contributed by atoms with Crippen LogP contribution >= 0.6 is 11.6 Å². The maximum atomic E-state index is 12.0. The van der Waals surface area contributed by atoms with Gasteiger partial charge in [0.05, 0.1) is 19.8 Å². The number of ether oxygens (including phenoxy) is 3. The van der Waals surface area contributed by atoms with Crippen LogP contribution in [0.15, 0.2) is 47.0 Å². The van der Waals surface area contributed by atoms with E-state index in [9.17, 15) is 4.79 Å². The van der Waals surface area contributed by atoms with Crippen LogP contribution in [0.5, 0.6) is 11.5 Å². The van der Waals surface area contributed by atoms with Crippen LogP contribution in [0.1, 0.15) is 16.2 Å². The highest BCUT2D eigenvalue weighted by atomic mass is 35.5. The van der Waals surface area contributed by atoms with E-state index in [-0.39, 0.29) is 12.5 Å². The minimum atomic E-state index is -0.529. The highest BCUT2D eigenvalue weighted by Crippen LogP contribution is 2.31. The maximum absolute atomic E-state index is 12.0. The van der Waals surface area contributed by atoms with Gasteiger partial charge >= 0.3 is 5.97 Å². The molecule has 3 aromatic rings. The average molecular weight is 375 g/mol. The fourth-order valence-electron chi connectivity index (χ4n) is 2.23. The average Bonchev–Trinajstić information content (AvgIpc) is 3.14. The molecular weight excluding hydrogens is 360 g/mol. The Morgan fingerprint density at radius 3 is 2.65 bits per heavy atom. The van der Waals surface area contributed by atoms with E-state index >= 15 is 0 Å². The molecule has 0 saturated carbocycles. The molecule has 8 heteroatoms. The van der Waals surface area contributed by atoms with Gasteiger partial charge in [-0.05, 0) is 36.4 Å². The molecule has 0 aliphatic carbocycles. The molecule has 7 nitrogen and oxygen atoms in total. The molecule has 0 bridgehead atoms. The van der Waals surface area contributed by atoms with E-state index in [4.69, 9.17) is 30.3 Å². The highest BCUT2D eigenvalue weighted by molar-refractivity contribution is 6.30. The Bertz CT molecular complexity index is 925. The van der Waals surface area contributed by atoms with E-state index in [2.05, 4.69) is 10.1 Å². The number of rotatable bonds is 6. The molecule has 0 amide bonds. The fourth-order valence-corrected chi connectivity index (χ4v) is 2.42. The van der Waals surface area contributed by atoms with Gasteiger partial charge in [-0.3, -0.25) is 0 Å². The summed E-state index contributed by atoms with van der Waals surface area (Å²) in [6.07, 6.45) is 0. The van der Waals surface area contributed by atoms with Gasteiger partial charge in [0.2, 0.25) is 5.82 Å². The molecule has 26 heavy (non-hydrogen) atoms. The largest absolute Gasteiger partial charge is 0.493 e. The van der Waals surface area contributed by atoms with E-state index in [1.165, 1.54) is 6.07 Å². The molecule has 0 unspecified atom stereocenters. The van der Waals surface area contributed by atoms with E-state index < -0.39 is 5.97 Å². The lowest BCUT2D eigenvalue weighted by Gasteiger charge is -2.07. The minimum Gasteiger partial charge on any atom is -0.493 e. The first-order chi connectivity index (χ1) is 12.6. The van der Waals surface area contributed by atoms with E-state index in [0.29, 0.717) is 33.5 Å². The molecule has 0 aliphatic heterocycles. The van der Waals surface area contributed by atoms with E-state index in [1.54, 1.807) is 50.6 Å². The predicted octanol–water partition coefficient (Wildman–Crippen LogP) is 3.76. The number of nitrogens with zero attached hydrogens (tertiary/aromatic N) is 2. The number of methoxy groups -OCH3 is 2. The van der Waals surface area contributed by atoms with Crippen molar-refractivity contribution in [3.8, 4) is 22.9 Å². The van der Waals surface area contributed by atoms with Crippen molar-refractivity contribution in [1.82, 2.24) is 10.1 Å². The van der Waals surface area contributed by atoms with Gasteiger partial charge in [0, 0.05) is 10.6 Å². The second kappa shape index (κ2) is 7.88. The molecule has 3 rings (SSSR count). The summed E-state index contributed by atoms with van der Waals surface area (Å²) in [7, 11) is 3.09. The predicted molar refractivity (Wildman–Crippen MR) is 93.4 cm³/mol. The zero-order valence-corrected chi connectivity index (χ0v) is 14.8. The van der Waals surface area contributed by atoms with Crippen LogP contribution in [0, 0.1) is 0 Å². The van der Waals surface area contributed by atoms with Gasteiger partial charge < -0.3 is 18.7 Å². The van der Waals surface area contributed by atoms with Crippen molar-refractivity contribution in [3.05, 3.63) is 58.9 Å². The van der Waals surface area contributed by atoms with Crippen LogP contribution in [0.4, 0.5) is 0 Å². The van der Waals surface area contributed by atoms with E-state index in [0.717, 1.165) is 0 Å². The number of carbonyl (C=O) groups is 1. The van der Waals surface area contributed by atoms with Gasteiger partial charge in [0.1, 0.15) is 0 Å². The minimum absolute atomic E-state index is 0.147. The van der Waals surface area contributed by atoms with Crippen molar-refractivity contribution in [2.24, 2.45) is 0 Å². The van der Waals surface area contributed by atoms with Crippen LogP contribution in [-0.2, 0) is 11.3 Å². The smallest absolute Gasteiger partial charge is 0.338 e. The van der Waals surface area contributed by atoms with Crippen molar-refractivity contribution >= 4 is 17.6 Å². The number of hydrogen-bond acceptors (Lipinski definition) is 7. The van der Waals surface area contributed by atoms with Crippen molar-refractivity contribution in [2.45, 2.75) is 6.61 Å². The Balaban J connectivity index is 1.69. The fraction of sp³-hybridized carbons (Fsp3) is 0.167. The van der Waals surface area contributed by atoms with Gasteiger partial charge in [-0.25, -0.2) is 4.79 Å². The summed E-state index contributed by atoms with van der Waals surface area (Å²) in [5.41, 5.74) is 1.02. The maximum Gasteiger partial charge on any atom is 0.338 e. The molecule has 0 saturated heterocycles. The lowest BCUT2D eigenvalue weighted by Crippen LogP contribution is -2.05. The molecule has 0 spiro atoms. The number of halogens is 1. The van der Waals surface area contributed by atoms with Crippen molar-refractivity contribution in [2.75, 3.05) is 14.2 Å². The van der Waals surface area contributed by atoms with Crippen LogP contribution < -0.4 is 9.47 Å². The lowest BCUT2D eigenvalue weighted by atomic mass is 10.2. The molecule has 134 valence electrons. The van der Waals surface area contributed by atoms with Crippen molar-refractivity contribution in [1.29, 1.82) is 0 Å². The van der Waals surface area contributed by atoms with Crippen molar-refractivity contribution in [3.63, 3.8) is 0 Å². The molecule has 0 fully saturated rings. The molecule has 0 atom stereocenters. The number of esters is 1. The molecule has 0 N–H and O–H groups in total. The third kappa shape index (κ3) is 3.94. The Hall–Kier alpha value is -3.06. The Morgan fingerprint density at radius 2 is 1.92 bits per heavy atom. The SMILES string of the molecule is COc1ccc(-c2noc(COC(=O)c3cccc(Cl)c3)n2)cc1OC. The highest BCUT2D eigenvalue weighted by Gasteiger charge is 2.14. The van der Waals surface area contributed by atoms with Gasteiger partial charge in [-0.15, -0.1) is 0 Å². The molecule has 0 radical (unpaired) electrons. The second-order valence-electron chi connectivity index (χ2n) is 5.17. The monoisotopic (exact) mass is 374 g/mol. The summed E-state index contributed by atoms with van der Waals surface area (Å²) in [5, 5.41) is 4.34. The summed E-state index contributed by atoms with van der Waals surface area (Å²) in [6, 6.07) is 11.7. The Morgan fingerprint density at radius 1 is 1.12 bits per heavy atom. The Labute approximate surface area is 154 Å². The number of carbonyl (C=O) groups excluding carboxylic acids is 1. The molecule has 2 aromatic carbocycles. The standard InChI is InChI=1S/C18H15ClN2O5/c1-23-14-7-6-11(9-15(14)24-2)17-20-16(26-21-17)10-25-18(22)12-4-3-5-13(19)8-12/h3-9H,10H2,1-2H3. The topological polar surface area (TPSA) is 83.7 Å². The van der Waals surface area contributed by atoms with Gasteiger partial charge in [0.25, 0.3) is 5.89 Å². The first kappa shape index (κ1) is 17.8. The normalized spacial score (nSPS) is 10.4. The molecule has 1 heterocycles. The van der Waals surface area contributed by atoms with Crippen LogP contribution in [0.2, 0.25) is 5.02 Å². The third-order valence-electron chi connectivity index (χ3n) is 3.50. The van der Waals surface area contributed by atoms with Crippen LogP contribution in [0.3, 0.4) is 0 Å². The number of aromatic nitrogens is 2. The third-order valence-corrected chi connectivity index (χ3v) is 3.73. The first-order valence-electron chi connectivity index (χ1n) is 7.58. The van der Waals surface area contributed by atoms with Gasteiger partial charge in [0.15, 0.2) is 18.1 Å². The second-order valence-corrected chi connectivity index (χ2v) is 5.60. The summed E-state index contributed by atoms with van der Waals surface area (Å²) >= 11 is 5.86. The molecule has 1 aromatic heterocycles. The molecule has 0 aliphatic rings. The zero-order chi connectivity index (χ0) is 18.5. The zero-order valence-electron chi connectivity index (χ0n) is 14.1. The van der Waals surface area contributed by atoms with Crippen LogP contribution in [-0.4, -0.2) is 30.3 Å².